The second kappa shape index (κ2) is 12.0. The summed E-state index contributed by atoms with van der Waals surface area (Å²) in [5, 5.41) is 6.32. The molecule has 7 heteroatoms. The van der Waals surface area contributed by atoms with E-state index in [1.807, 2.05) is 24.3 Å². The molecule has 0 saturated carbocycles. The minimum Gasteiger partial charge on any atom is -0.497 e. The number of rotatable bonds is 10. The highest BCUT2D eigenvalue weighted by Crippen LogP contribution is 2.21. The second-order valence-corrected chi connectivity index (χ2v) is 7.03. The van der Waals surface area contributed by atoms with Crippen LogP contribution in [0.3, 0.4) is 0 Å². The third kappa shape index (κ3) is 7.66. The maximum absolute atomic E-state index is 12.9. The first-order chi connectivity index (χ1) is 14.0. The number of hydrogen-bond acceptors (Lipinski definition) is 3. The first-order valence-electron chi connectivity index (χ1n) is 9.78. The van der Waals surface area contributed by atoms with Gasteiger partial charge in [0.05, 0.1) is 7.11 Å². The molecule has 0 atom stereocenters. The minimum atomic E-state index is -0.269. The average molecular weight is 418 g/mol. The van der Waals surface area contributed by atoms with Crippen molar-refractivity contribution in [2.75, 3.05) is 30.4 Å². The third-order valence-corrected chi connectivity index (χ3v) is 4.58. The molecule has 3 amide bonds. The maximum atomic E-state index is 12.9. The number of hydrogen-bond donors (Lipinski definition) is 2. The number of ether oxygens (including phenoxy) is 1. The number of benzene rings is 2. The Bertz CT molecular complexity index is 796. The second-order valence-electron chi connectivity index (χ2n) is 6.60. The van der Waals surface area contributed by atoms with E-state index in [0.717, 1.165) is 18.5 Å². The van der Waals surface area contributed by atoms with Crippen molar-refractivity contribution in [3.63, 3.8) is 0 Å². The van der Waals surface area contributed by atoms with Crippen molar-refractivity contribution in [1.29, 1.82) is 0 Å². The molecule has 2 aromatic carbocycles. The lowest BCUT2D eigenvalue weighted by Gasteiger charge is -2.23. The van der Waals surface area contributed by atoms with Gasteiger partial charge in [0, 0.05) is 35.9 Å². The van der Waals surface area contributed by atoms with E-state index < -0.39 is 0 Å². The molecule has 0 saturated heterocycles. The van der Waals surface area contributed by atoms with Crippen LogP contribution in [0.2, 0.25) is 5.02 Å². The first kappa shape index (κ1) is 22.6. The topological polar surface area (TPSA) is 70.7 Å². The van der Waals surface area contributed by atoms with Crippen molar-refractivity contribution >= 4 is 34.9 Å². The predicted molar refractivity (Wildman–Crippen MR) is 118 cm³/mol. The highest BCUT2D eigenvalue weighted by Gasteiger charge is 2.16. The van der Waals surface area contributed by atoms with Crippen molar-refractivity contribution in [3.05, 3.63) is 53.6 Å². The monoisotopic (exact) mass is 417 g/mol. The van der Waals surface area contributed by atoms with Crippen LogP contribution in [0.1, 0.15) is 32.6 Å². The smallest absolute Gasteiger partial charge is 0.326 e. The van der Waals surface area contributed by atoms with Crippen LogP contribution in [0, 0.1) is 0 Å². The predicted octanol–water partition coefficient (Wildman–Crippen LogP) is 5.08. The molecule has 29 heavy (non-hydrogen) atoms. The van der Waals surface area contributed by atoms with Crippen LogP contribution < -0.4 is 20.3 Å². The Hall–Kier alpha value is -2.73. The molecular weight excluding hydrogens is 390 g/mol. The lowest BCUT2D eigenvalue weighted by molar-refractivity contribution is -0.121. The molecule has 156 valence electrons. The van der Waals surface area contributed by atoms with Gasteiger partial charge in [-0.15, -0.1) is 0 Å². The maximum Gasteiger partial charge on any atom is 0.326 e. The summed E-state index contributed by atoms with van der Waals surface area (Å²) in [6, 6.07) is 14.0. The van der Waals surface area contributed by atoms with Crippen LogP contribution in [0.5, 0.6) is 5.75 Å². The van der Waals surface area contributed by atoms with Gasteiger partial charge in [-0.25, -0.2) is 4.79 Å². The Labute approximate surface area is 177 Å². The molecule has 0 unspecified atom stereocenters. The number of nitrogens with zero attached hydrogens (tertiary/aromatic N) is 1. The summed E-state index contributed by atoms with van der Waals surface area (Å²) in [5.41, 5.74) is 1.36. The summed E-state index contributed by atoms with van der Waals surface area (Å²) >= 11 is 6.01. The molecule has 0 fully saturated rings. The zero-order chi connectivity index (χ0) is 21.1. The average Bonchev–Trinajstić information content (AvgIpc) is 2.72. The highest BCUT2D eigenvalue weighted by atomic mass is 35.5. The van der Waals surface area contributed by atoms with Crippen molar-refractivity contribution in [3.8, 4) is 5.75 Å². The molecule has 0 spiro atoms. The summed E-state index contributed by atoms with van der Waals surface area (Å²) in [4.78, 5) is 26.3. The van der Waals surface area contributed by atoms with Gasteiger partial charge in [-0.3, -0.25) is 9.69 Å². The number of carbonyl (C=O) groups is 2. The fourth-order valence-corrected chi connectivity index (χ4v) is 2.95. The van der Waals surface area contributed by atoms with Gasteiger partial charge in [-0.2, -0.15) is 0 Å². The molecule has 0 aliphatic carbocycles. The number of unbranched alkanes of at least 4 members (excludes halogenated alkanes) is 1. The standard InChI is InChI=1S/C22H28ClN3O3/c1-3-4-9-21(27)24-14-6-15-26(19-10-12-20(29-2)13-11-19)22(28)25-18-8-5-7-17(23)16-18/h5,7-8,10-13,16H,3-4,6,9,14-15H2,1-2H3,(H,24,27)(H,25,28). The Balaban J connectivity index is 2.02. The summed E-state index contributed by atoms with van der Waals surface area (Å²) in [7, 11) is 1.60. The van der Waals surface area contributed by atoms with E-state index >= 15 is 0 Å². The Morgan fingerprint density at radius 2 is 1.86 bits per heavy atom. The zero-order valence-corrected chi connectivity index (χ0v) is 17.7. The largest absolute Gasteiger partial charge is 0.497 e. The van der Waals surface area contributed by atoms with E-state index in [0.29, 0.717) is 42.4 Å². The van der Waals surface area contributed by atoms with E-state index in [2.05, 4.69) is 17.6 Å². The number of halogens is 1. The summed E-state index contributed by atoms with van der Waals surface area (Å²) in [5.74, 6) is 0.762. The van der Waals surface area contributed by atoms with Crippen LogP contribution in [0.15, 0.2) is 48.5 Å². The van der Waals surface area contributed by atoms with Crippen molar-refractivity contribution < 1.29 is 14.3 Å². The van der Waals surface area contributed by atoms with Crippen molar-refractivity contribution in [2.24, 2.45) is 0 Å². The molecule has 0 aromatic heterocycles. The molecule has 0 aliphatic rings. The number of anilines is 2. The Kier molecular flexibility index (Phi) is 9.31. The fourth-order valence-electron chi connectivity index (χ4n) is 2.76. The van der Waals surface area contributed by atoms with Gasteiger partial charge in [0.15, 0.2) is 0 Å². The minimum absolute atomic E-state index is 0.0474. The first-order valence-corrected chi connectivity index (χ1v) is 10.2. The fraction of sp³-hybridized carbons (Fsp3) is 0.364. The molecule has 0 heterocycles. The van der Waals surface area contributed by atoms with E-state index in [1.165, 1.54) is 0 Å². The SMILES string of the molecule is CCCCC(=O)NCCCN(C(=O)Nc1cccc(Cl)c1)c1ccc(OC)cc1. The van der Waals surface area contributed by atoms with Gasteiger partial charge in [0.1, 0.15) is 5.75 Å². The zero-order valence-electron chi connectivity index (χ0n) is 16.9. The van der Waals surface area contributed by atoms with Crippen LogP contribution in [0.4, 0.5) is 16.2 Å². The van der Waals surface area contributed by atoms with Crippen LogP contribution in [-0.2, 0) is 4.79 Å². The normalized spacial score (nSPS) is 10.3. The number of urea groups is 1. The van der Waals surface area contributed by atoms with Crippen LogP contribution >= 0.6 is 11.6 Å². The lowest BCUT2D eigenvalue weighted by Crippen LogP contribution is -2.37. The summed E-state index contributed by atoms with van der Waals surface area (Å²) in [6.45, 7) is 3.02. The summed E-state index contributed by atoms with van der Waals surface area (Å²) < 4.78 is 5.19. The lowest BCUT2D eigenvalue weighted by atomic mass is 10.2. The molecular formula is C22H28ClN3O3. The van der Waals surface area contributed by atoms with Crippen molar-refractivity contribution in [1.82, 2.24) is 5.32 Å². The van der Waals surface area contributed by atoms with Crippen molar-refractivity contribution in [2.45, 2.75) is 32.6 Å². The van der Waals surface area contributed by atoms with E-state index in [4.69, 9.17) is 16.3 Å². The van der Waals surface area contributed by atoms with E-state index in [9.17, 15) is 9.59 Å². The molecule has 0 bridgehead atoms. The number of nitrogens with one attached hydrogen (secondary N) is 2. The van der Waals surface area contributed by atoms with Gasteiger partial charge in [-0.05, 0) is 55.3 Å². The molecule has 0 radical (unpaired) electrons. The van der Waals surface area contributed by atoms with Crippen LogP contribution in [0.25, 0.3) is 0 Å². The van der Waals surface area contributed by atoms with E-state index in [1.54, 1.807) is 36.3 Å². The number of carbonyl (C=O) groups excluding carboxylic acids is 2. The Morgan fingerprint density at radius 3 is 2.52 bits per heavy atom. The van der Waals surface area contributed by atoms with Gasteiger partial charge in [0.25, 0.3) is 0 Å². The van der Waals surface area contributed by atoms with Gasteiger partial charge < -0.3 is 15.4 Å². The quantitative estimate of drug-likeness (QED) is 0.529. The van der Waals surface area contributed by atoms with Gasteiger partial charge >= 0.3 is 6.03 Å². The molecule has 6 nitrogen and oxygen atoms in total. The number of methoxy groups -OCH3 is 1. The molecule has 0 aliphatic heterocycles. The third-order valence-electron chi connectivity index (χ3n) is 4.34. The van der Waals surface area contributed by atoms with E-state index in [-0.39, 0.29) is 11.9 Å². The van der Waals surface area contributed by atoms with Gasteiger partial charge in [-0.1, -0.05) is 31.0 Å². The van der Waals surface area contributed by atoms with Gasteiger partial charge in [0.2, 0.25) is 5.91 Å². The van der Waals surface area contributed by atoms with Crippen LogP contribution in [-0.4, -0.2) is 32.1 Å². The number of amides is 3. The highest BCUT2D eigenvalue weighted by molar-refractivity contribution is 6.30. The summed E-state index contributed by atoms with van der Waals surface area (Å²) in [6.07, 6.45) is 3.04. The Morgan fingerprint density at radius 1 is 1.10 bits per heavy atom. The molecule has 2 rings (SSSR count). The molecule has 2 aromatic rings. The molecule has 2 N–H and O–H groups in total.